The number of nitrogens with one attached hydrogen (secondary N) is 2. The van der Waals surface area contributed by atoms with Crippen LogP contribution in [-0.2, 0) is 11.2 Å². The molecular formula is C21H26BrN3O2. The summed E-state index contributed by atoms with van der Waals surface area (Å²) in [5, 5.41) is 5.55. The van der Waals surface area contributed by atoms with Crippen molar-refractivity contribution in [2.75, 3.05) is 27.2 Å². The number of benzene rings is 2. The SMILES string of the molecule is CCc1ccc(C(CNC(=O)CNC(=O)c2cccc(Br)c2)N(C)C)cc1. The van der Waals surface area contributed by atoms with Crippen molar-refractivity contribution in [1.82, 2.24) is 15.5 Å². The average Bonchev–Trinajstić information content (AvgIpc) is 2.66. The molecule has 0 heterocycles. The Morgan fingerprint density at radius 1 is 1.07 bits per heavy atom. The number of carbonyl (C=O) groups excluding carboxylic acids is 2. The minimum atomic E-state index is -0.272. The highest BCUT2D eigenvalue weighted by Gasteiger charge is 2.16. The first-order valence-corrected chi connectivity index (χ1v) is 9.75. The van der Waals surface area contributed by atoms with E-state index in [4.69, 9.17) is 0 Å². The van der Waals surface area contributed by atoms with Crippen LogP contribution in [0.2, 0.25) is 0 Å². The number of nitrogens with zero attached hydrogens (tertiary/aromatic N) is 1. The van der Waals surface area contributed by atoms with Gasteiger partial charge in [-0.15, -0.1) is 0 Å². The van der Waals surface area contributed by atoms with Gasteiger partial charge >= 0.3 is 0 Å². The molecule has 1 atom stereocenters. The largest absolute Gasteiger partial charge is 0.353 e. The third-order valence-corrected chi connectivity index (χ3v) is 4.88. The molecule has 5 nitrogen and oxygen atoms in total. The Hall–Kier alpha value is -2.18. The third-order valence-electron chi connectivity index (χ3n) is 4.38. The fourth-order valence-corrected chi connectivity index (χ4v) is 3.14. The van der Waals surface area contributed by atoms with E-state index in [1.807, 2.05) is 20.2 Å². The molecule has 2 N–H and O–H groups in total. The zero-order valence-corrected chi connectivity index (χ0v) is 17.5. The van der Waals surface area contributed by atoms with Gasteiger partial charge in [-0.2, -0.15) is 0 Å². The highest BCUT2D eigenvalue weighted by atomic mass is 79.9. The molecule has 0 spiro atoms. The van der Waals surface area contributed by atoms with Gasteiger partial charge in [0.05, 0.1) is 12.6 Å². The van der Waals surface area contributed by atoms with Crippen LogP contribution < -0.4 is 10.6 Å². The fourth-order valence-electron chi connectivity index (χ4n) is 2.74. The van der Waals surface area contributed by atoms with Crippen LogP contribution in [-0.4, -0.2) is 43.9 Å². The molecule has 0 bridgehead atoms. The molecule has 0 saturated carbocycles. The molecule has 1 unspecified atom stereocenters. The van der Waals surface area contributed by atoms with E-state index in [9.17, 15) is 9.59 Å². The van der Waals surface area contributed by atoms with Crippen LogP contribution in [0, 0.1) is 0 Å². The van der Waals surface area contributed by atoms with Crippen molar-refractivity contribution in [2.24, 2.45) is 0 Å². The standard InChI is InChI=1S/C21H26BrN3O2/c1-4-15-8-10-16(11-9-15)19(25(2)3)13-23-20(26)14-24-21(27)17-6-5-7-18(22)12-17/h5-12,19H,4,13-14H2,1-3H3,(H,23,26)(H,24,27). The van der Waals surface area contributed by atoms with Crippen molar-refractivity contribution in [1.29, 1.82) is 0 Å². The summed E-state index contributed by atoms with van der Waals surface area (Å²) in [4.78, 5) is 26.3. The lowest BCUT2D eigenvalue weighted by molar-refractivity contribution is -0.120. The number of halogens is 1. The highest BCUT2D eigenvalue weighted by molar-refractivity contribution is 9.10. The lowest BCUT2D eigenvalue weighted by atomic mass is 10.0. The maximum atomic E-state index is 12.2. The van der Waals surface area contributed by atoms with Gasteiger partial charge in [-0.25, -0.2) is 0 Å². The predicted octanol–water partition coefficient (Wildman–Crippen LogP) is 3.16. The Kier molecular flexibility index (Phi) is 8.00. The van der Waals surface area contributed by atoms with E-state index in [1.165, 1.54) is 5.56 Å². The molecule has 0 aliphatic heterocycles. The van der Waals surface area contributed by atoms with Gasteiger partial charge < -0.3 is 15.5 Å². The third kappa shape index (κ3) is 6.48. The fraction of sp³-hybridized carbons (Fsp3) is 0.333. The van der Waals surface area contributed by atoms with E-state index in [0.717, 1.165) is 16.5 Å². The Morgan fingerprint density at radius 2 is 1.78 bits per heavy atom. The van der Waals surface area contributed by atoms with Crippen molar-refractivity contribution in [2.45, 2.75) is 19.4 Å². The molecule has 0 aromatic heterocycles. The molecule has 144 valence electrons. The summed E-state index contributed by atoms with van der Waals surface area (Å²) in [5.41, 5.74) is 2.95. The smallest absolute Gasteiger partial charge is 0.251 e. The van der Waals surface area contributed by atoms with Crippen LogP contribution in [0.25, 0.3) is 0 Å². The number of rotatable bonds is 8. The lowest BCUT2D eigenvalue weighted by Gasteiger charge is -2.25. The first kappa shape index (κ1) is 21.1. The van der Waals surface area contributed by atoms with Crippen molar-refractivity contribution in [3.63, 3.8) is 0 Å². The summed E-state index contributed by atoms with van der Waals surface area (Å²) < 4.78 is 0.822. The quantitative estimate of drug-likeness (QED) is 0.674. The Bertz CT molecular complexity index is 775. The maximum Gasteiger partial charge on any atom is 0.251 e. The number of aryl methyl sites for hydroxylation is 1. The van der Waals surface area contributed by atoms with Crippen molar-refractivity contribution in [3.8, 4) is 0 Å². The first-order chi connectivity index (χ1) is 12.9. The Labute approximate surface area is 169 Å². The van der Waals surface area contributed by atoms with Gasteiger partial charge in [0.2, 0.25) is 5.91 Å². The van der Waals surface area contributed by atoms with Gasteiger partial charge in [-0.3, -0.25) is 9.59 Å². The molecular weight excluding hydrogens is 406 g/mol. The molecule has 0 aliphatic carbocycles. The number of carbonyl (C=O) groups is 2. The van der Waals surface area contributed by atoms with Crippen molar-refractivity contribution < 1.29 is 9.59 Å². The molecule has 2 aromatic carbocycles. The van der Waals surface area contributed by atoms with Gasteiger partial charge in [-0.05, 0) is 49.8 Å². The van der Waals surface area contributed by atoms with Gasteiger partial charge in [-0.1, -0.05) is 53.2 Å². The minimum absolute atomic E-state index is 0.0553. The van der Waals surface area contributed by atoms with Crippen LogP contribution in [0.4, 0.5) is 0 Å². The van der Waals surface area contributed by atoms with E-state index < -0.39 is 0 Å². The van der Waals surface area contributed by atoms with E-state index >= 15 is 0 Å². The second-order valence-electron chi connectivity index (χ2n) is 6.57. The molecule has 0 radical (unpaired) electrons. The first-order valence-electron chi connectivity index (χ1n) is 8.96. The van der Waals surface area contributed by atoms with E-state index in [0.29, 0.717) is 12.1 Å². The van der Waals surface area contributed by atoms with Crippen LogP contribution in [0.1, 0.15) is 34.5 Å². The number of likely N-dealkylation sites (N-methyl/N-ethyl adjacent to an activating group) is 1. The molecule has 2 rings (SSSR count). The molecule has 6 heteroatoms. The van der Waals surface area contributed by atoms with Crippen LogP contribution >= 0.6 is 15.9 Å². The average molecular weight is 432 g/mol. The summed E-state index contributed by atoms with van der Waals surface area (Å²) >= 11 is 3.33. The normalized spacial score (nSPS) is 11.9. The monoisotopic (exact) mass is 431 g/mol. The molecule has 27 heavy (non-hydrogen) atoms. The molecule has 0 saturated heterocycles. The lowest BCUT2D eigenvalue weighted by Crippen LogP contribution is -2.40. The van der Waals surface area contributed by atoms with E-state index in [2.05, 4.69) is 62.7 Å². The molecule has 0 fully saturated rings. The number of hydrogen-bond donors (Lipinski definition) is 2. The van der Waals surface area contributed by atoms with Gasteiger partial charge in [0.1, 0.15) is 0 Å². The van der Waals surface area contributed by atoms with Gasteiger partial charge in [0, 0.05) is 16.6 Å². The molecule has 0 aliphatic rings. The van der Waals surface area contributed by atoms with Crippen molar-refractivity contribution in [3.05, 3.63) is 69.7 Å². The second kappa shape index (κ2) is 10.2. The zero-order valence-electron chi connectivity index (χ0n) is 16.0. The van der Waals surface area contributed by atoms with Gasteiger partial charge in [0.15, 0.2) is 0 Å². The summed E-state index contributed by atoms with van der Waals surface area (Å²) in [6, 6.07) is 15.6. The predicted molar refractivity (Wildman–Crippen MR) is 112 cm³/mol. The topological polar surface area (TPSA) is 61.4 Å². The summed E-state index contributed by atoms with van der Waals surface area (Å²) in [6.45, 7) is 2.55. The number of hydrogen-bond acceptors (Lipinski definition) is 3. The second-order valence-corrected chi connectivity index (χ2v) is 7.49. The van der Waals surface area contributed by atoms with E-state index in [-0.39, 0.29) is 24.4 Å². The summed E-state index contributed by atoms with van der Waals surface area (Å²) in [6.07, 6.45) is 1.00. The molecule has 2 aromatic rings. The zero-order chi connectivity index (χ0) is 19.8. The minimum Gasteiger partial charge on any atom is -0.353 e. The Morgan fingerprint density at radius 3 is 2.37 bits per heavy atom. The van der Waals surface area contributed by atoms with Crippen molar-refractivity contribution >= 4 is 27.7 Å². The van der Waals surface area contributed by atoms with E-state index in [1.54, 1.807) is 18.2 Å². The maximum absolute atomic E-state index is 12.2. The molecule has 2 amide bonds. The summed E-state index contributed by atoms with van der Waals surface area (Å²) in [7, 11) is 3.97. The van der Waals surface area contributed by atoms with Gasteiger partial charge in [0.25, 0.3) is 5.91 Å². The van der Waals surface area contributed by atoms with Crippen LogP contribution in [0.15, 0.2) is 53.0 Å². The summed E-state index contributed by atoms with van der Waals surface area (Å²) in [5.74, 6) is -0.485. The van der Waals surface area contributed by atoms with Crippen LogP contribution in [0.5, 0.6) is 0 Å². The van der Waals surface area contributed by atoms with Crippen LogP contribution in [0.3, 0.4) is 0 Å². The highest BCUT2D eigenvalue weighted by Crippen LogP contribution is 2.18. The number of amides is 2. The Balaban J connectivity index is 1.87.